The molecule has 0 unspecified atom stereocenters. The van der Waals surface area contributed by atoms with E-state index in [1.165, 1.54) is 11.3 Å². The number of nitrogens with one attached hydrogen (secondary N) is 1. The molecule has 0 saturated carbocycles. The lowest BCUT2D eigenvalue weighted by Crippen LogP contribution is -2.11. The van der Waals surface area contributed by atoms with Gasteiger partial charge in [0.1, 0.15) is 0 Å². The molecule has 124 valence electrons. The summed E-state index contributed by atoms with van der Waals surface area (Å²) in [5.41, 5.74) is 1.19. The molecular formula is C17H10BrN3O3S. The first-order chi connectivity index (χ1) is 12.2. The number of hydrogen-bond acceptors (Lipinski definition) is 6. The van der Waals surface area contributed by atoms with Crippen LogP contribution in [0.1, 0.15) is 10.6 Å². The molecule has 0 radical (unpaired) electrons. The molecule has 0 fully saturated rings. The largest absolute Gasteiger partial charge is 0.444 e. The van der Waals surface area contributed by atoms with Crippen molar-refractivity contribution in [2.24, 2.45) is 0 Å². The Hall–Kier alpha value is -2.71. The molecule has 3 aromatic heterocycles. The Morgan fingerprint density at radius 3 is 2.76 bits per heavy atom. The second-order valence-electron chi connectivity index (χ2n) is 5.00. The predicted molar refractivity (Wildman–Crippen MR) is 97.4 cm³/mol. The van der Waals surface area contributed by atoms with Crippen LogP contribution in [0.25, 0.3) is 22.2 Å². The van der Waals surface area contributed by atoms with E-state index in [1.807, 2.05) is 29.6 Å². The molecular weight excluding hydrogens is 406 g/mol. The summed E-state index contributed by atoms with van der Waals surface area (Å²) in [4.78, 5) is 17.6. The lowest BCUT2D eigenvalue weighted by molar-refractivity contribution is 0.0995. The monoisotopic (exact) mass is 415 g/mol. The van der Waals surface area contributed by atoms with Gasteiger partial charge in [0, 0.05) is 0 Å². The van der Waals surface area contributed by atoms with Gasteiger partial charge in [-0.1, -0.05) is 23.4 Å². The number of carbonyl (C=O) groups excluding carboxylic acids is 1. The summed E-state index contributed by atoms with van der Waals surface area (Å²) in [7, 11) is 0. The van der Waals surface area contributed by atoms with Crippen molar-refractivity contribution in [3.8, 4) is 22.2 Å². The minimum Gasteiger partial charge on any atom is -0.444 e. The maximum absolute atomic E-state index is 12.3. The highest BCUT2D eigenvalue weighted by Gasteiger charge is 2.17. The SMILES string of the molecule is O=C(Nc1ccccc1-c1nc(-c2cccs2)no1)c1ccc(Br)o1. The maximum Gasteiger partial charge on any atom is 0.291 e. The number of anilines is 1. The lowest BCUT2D eigenvalue weighted by Gasteiger charge is -2.06. The highest BCUT2D eigenvalue weighted by atomic mass is 79.9. The van der Waals surface area contributed by atoms with Gasteiger partial charge in [-0.3, -0.25) is 4.79 Å². The van der Waals surface area contributed by atoms with Crippen LogP contribution >= 0.6 is 27.3 Å². The number of thiophene rings is 1. The van der Waals surface area contributed by atoms with E-state index in [0.717, 1.165) is 4.88 Å². The van der Waals surface area contributed by atoms with Crippen LogP contribution in [0.5, 0.6) is 0 Å². The zero-order valence-corrected chi connectivity index (χ0v) is 15.0. The number of benzene rings is 1. The first-order valence-electron chi connectivity index (χ1n) is 7.24. The lowest BCUT2D eigenvalue weighted by atomic mass is 10.1. The molecule has 4 aromatic rings. The Morgan fingerprint density at radius 1 is 1.12 bits per heavy atom. The standard InChI is InChI=1S/C17H10BrN3O3S/c18-14-8-7-12(23-14)16(22)19-11-5-2-1-4-10(11)17-20-15(21-24-17)13-6-3-9-25-13/h1-9H,(H,19,22). The molecule has 4 rings (SSSR count). The molecule has 3 heterocycles. The zero-order valence-electron chi connectivity index (χ0n) is 12.6. The minimum absolute atomic E-state index is 0.200. The third kappa shape index (κ3) is 3.26. The molecule has 1 N–H and O–H groups in total. The molecule has 0 bridgehead atoms. The van der Waals surface area contributed by atoms with E-state index in [-0.39, 0.29) is 11.7 Å². The third-order valence-corrected chi connectivity index (χ3v) is 4.66. The number of hydrogen-bond donors (Lipinski definition) is 1. The highest BCUT2D eigenvalue weighted by molar-refractivity contribution is 9.10. The smallest absolute Gasteiger partial charge is 0.291 e. The molecule has 0 atom stereocenters. The second kappa shape index (κ2) is 6.66. The Labute approximate surface area is 154 Å². The Kier molecular flexibility index (Phi) is 4.21. The molecule has 1 aromatic carbocycles. The van der Waals surface area contributed by atoms with Crippen LogP contribution in [0.4, 0.5) is 5.69 Å². The fraction of sp³-hybridized carbons (Fsp3) is 0. The van der Waals surface area contributed by atoms with Crippen LogP contribution < -0.4 is 5.32 Å². The van der Waals surface area contributed by atoms with Gasteiger partial charge in [-0.15, -0.1) is 11.3 Å². The molecule has 1 amide bonds. The van der Waals surface area contributed by atoms with Crippen molar-refractivity contribution >= 4 is 38.9 Å². The van der Waals surface area contributed by atoms with Gasteiger partial charge in [0.15, 0.2) is 10.4 Å². The molecule has 0 aliphatic carbocycles. The number of halogens is 1. The predicted octanol–water partition coefficient (Wildman–Crippen LogP) is 5.07. The van der Waals surface area contributed by atoms with Crippen LogP contribution in [0, 0.1) is 0 Å². The Bertz CT molecular complexity index is 1020. The number of carbonyl (C=O) groups is 1. The maximum atomic E-state index is 12.3. The van der Waals surface area contributed by atoms with Gasteiger partial charge in [0.05, 0.1) is 16.1 Å². The molecule has 6 nitrogen and oxygen atoms in total. The quantitative estimate of drug-likeness (QED) is 0.502. The van der Waals surface area contributed by atoms with Crippen molar-refractivity contribution in [2.75, 3.05) is 5.32 Å². The summed E-state index contributed by atoms with van der Waals surface area (Å²) in [5, 5.41) is 8.75. The highest BCUT2D eigenvalue weighted by Crippen LogP contribution is 2.30. The van der Waals surface area contributed by atoms with Crippen molar-refractivity contribution < 1.29 is 13.7 Å². The number of rotatable bonds is 4. The molecule has 8 heteroatoms. The van der Waals surface area contributed by atoms with E-state index in [0.29, 0.717) is 27.6 Å². The number of para-hydroxylation sites is 1. The fourth-order valence-electron chi connectivity index (χ4n) is 2.24. The van der Waals surface area contributed by atoms with Gasteiger partial charge >= 0.3 is 0 Å². The Balaban J connectivity index is 1.64. The zero-order chi connectivity index (χ0) is 17.2. The first-order valence-corrected chi connectivity index (χ1v) is 8.91. The van der Waals surface area contributed by atoms with Crippen molar-refractivity contribution in [3.05, 3.63) is 64.3 Å². The summed E-state index contributed by atoms with van der Waals surface area (Å²) in [6.07, 6.45) is 0. The normalized spacial score (nSPS) is 10.8. The molecule has 0 spiro atoms. The van der Waals surface area contributed by atoms with E-state index in [2.05, 4.69) is 31.4 Å². The van der Waals surface area contributed by atoms with Crippen LogP contribution in [-0.4, -0.2) is 16.0 Å². The van der Waals surface area contributed by atoms with E-state index < -0.39 is 0 Å². The molecule has 0 saturated heterocycles. The van der Waals surface area contributed by atoms with E-state index in [1.54, 1.807) is 24.3 Å². The summed E-state index contributed by atoms with van der Waals surface area (Å²) < 4.78 is 11.1. The number of nitrogens with zero attached hydrogens (tertiary/aromatic N) is 2. The van der Waals surface area contributed by atoms with Crippen molar-refractivity contribution in [1.82, 2.24) is 10.1 Å². The fourth-order valence-corrected chi connectivity index (χ4v) is 3.19. The van der Waals surface area contributed by atoms with Gasteiger partial charge in [0.25, 0.3) is 11.8 Å². The van der Waals surface area contributed by atoms with E-state index in [4.69, 9.17) is 8.94 Å². The molecule has 0 aliphatic rings. The summed E-state index contributed by atoms with van der Waals surface area (Å²) in [6.45, 7) is 0. The molecule has 0 aliphatic heterocycles. The van der Waals surface area contributed by atoms with Gasteiger partial charge in [-0.25, -0.2) is 0 Å². The van der Waals surface area contributed by atoms with Gasteiger partial charge in [-0.05, 0) is 51.6 Å². The topological polar surface area (TPSA) is 81.2 Å². The van der Waals surface area contributed by atoms with E-state index >= 15 is 0 Å². The van der Waals surface area contributed by atoms with Crippen LogP contribution in [0.2, 0.25) is 0 Å². The number of aromatic nitrogens is 2. The van der Waals surface area contributed by atoms with Gasteiger partial charge < -0.3 is 14.3 Å². The van der Waals surface area contributed by atoms with Gasteiger partial charge in [-0.2, -0.15) is 4.98 Å². The van der Waals surface area contributed by atoms with E-state index in [9.17, 15) is 4.79 Å². The summed E-state index contributed by atoms with van der Waals surface area (Å²) >= 11 is 4.71. The average molecular weight is 416 g/mol. The Morgan fingerprint density at radius 2 is 2.00 bits per heavy atom. The van der Waals surface area contributed by atoms with Crippen molar-refractivity contribution in [2.45, 2.75) is 0 Å². The van der Waals surface area contributed by atoms with Crippen LogP contribution in [-0.2, 0) is 0 Å². The second-order valence-corrected chi connectivity index (χ2v) is 6.73. The summed E-state index contributed by atoms with van der Waals surface area (Å²) in [6, 6.07) is 14.3. The number of furan rings is 1. The summed E-state index contributed by atoms with van der Waals surface area (Å²) in [5.74, 6) is 0.684. The van der Waals surface area contributed by atoms with Crippen molar-refractivity contribution in [1.29, 1.82) is 0 Å². The van der Waals surface area contributed by atoms with Crippen LogP contribution in [0.3, 0.4) is 0 Å². The van der Waals surface area contributed by atoms with Crippen molar-refractivity contribution in [3.63, 3.8) is 0 Å². The third-order valence-electron chi connectivity index (χ3n) is 3.37. The minimum atomic E-state index is -0.365. The molecule has 25 heavy (non-hydrogen) atoms. The first kappa shape index (κ1) is 15.8. The van der Waals surface area contributed by atoms with Gasteiger partial charge in [0.2, 0.25) is 5.82 Å². The van der Waals surface area contributed by atoms with Crippen LogP contribution in [0.15, 0.2) is 67.5 Å². The number of amides is 1. The average Bonchev–Trinajstić information content (AvgIpc) is 3.36.